The van der Waals surface area contributed by atoms with Crippen LogP contribution < -0.4 is 9.47 Å². The van der Waals surface area contributed by atoms with Crippen LogP contribution in [0.3, 0.4) is 0 Å². The molecular formula is C20H25NO2. The first-order chi connectivity index (χ1) is 11.4. The van der Waals surface area contributed by atoms with Crippen LogP contribution in [-0.4, -0.2) is 24.8 Å². The maximum Gasteiger partial charge on any atom is 0.231 e. The minimum atomic E-state index is 0.323. The van der Waals surface area contributed by atoms with Crippen molar-refractivity contribution in [3.63, 3.8) is 0 Å². The third kappa shape index (κ3) is 4.19. The molecule has 0 amide bonds. The molecule has 0 spiro atoms. The van der Waals surface area contributed by atoms with Gasteiger partial charge in [0.05, 0.1) is 0 Å². The highest BCUT2D eigenvalue weighted by Crippen LogP contribution is 2.33. The first-order valence-electron chi connectivity index (χ1n) is 8.56. The molecule has 2 heterocycles. The van der Waals surface area contributed by atoms with E-state index >= 15 is 0 Å². The topological polar surface area (TPSA) is 21.7 Å². The van der Waals surface area contributed by atoms with Crippen molar-refractivity contribution in [1.29, 1.82) is 0 Å². The maximum absolute atomic E-state index is 5.44. The van der Waals surface area contributed by atoms with E-state index in [1.807, 2.05) is 12.1 Å². The third-order valence-corrected chi connectivity index (χ3v) is 4.22. The first kappa shape index (κ1) is 15.7. The molecule has 1 aromatic carbocycles. The lowest BCUT2D eigenvalue weighted by Gasteiger charge is -2.26. The summed E-state index contributed by atoms with van der Waals surface area (Å²) in [6, 6.07) is 6.07. The standard InChI is InChI=1S/C20H25NO2/c1-2-3-4-6-13-21-14-7-5-8-18(21)11-9-17-10-12-19-20(15-17)23-16-22-19/h5,7-12,15H,2-4,6,13-14,16H2,1H3. The monoisotopic (exact) mass is 311 g/mol. The maximum atomic E-state index is 5.44. The van der Waals surface area contributed by atoms with E-state index in [1.165, 1.54) is 31.4 Å². The molecule has 0 fully saturated rings. The second-order valence-corrected chi connectivity index (χ2v) is 5.97. The molecule has 0 unspecified atom stereocenters. The van der Waals surface area contributed by atoms with Crippen molar-refractivity contribution >= 4 is 6.08 Å². The van der Waals surface area contributed by atoms with Gasteiger partial charge in [0.2, 0.25) is 6.79 Å². The molecule has 0 radical (unpaired) electrons. The molecule has 122 valence electrons. The number of nitrogens with zero attached hydrogens (tertiary/aromatic N) is 1. The van der Waals surface area contributed by atoms with Crippen LogP contribution in [0.25, 0.3) is 6.08 Å². The summed E-state index contributed by atoms with van der Waals surface area (Å²) >= 11 is 0. The Morgan fingerprint density at radius 2 is 2.00 bits per heavy atom. The van der Waals surface area contributed by atoms with E-state index < -0.39 is 0 Å². The van der Waals surface area contributed by atoms with Crippen LogP contribution in [0.4, 0.5) is 0 Å². The second kappa shape index (κ2) is 7.91. The highest BCUT2D eigenvalue weighted by atomic mass is 16.7. The van der Waals surface area contributed by atoms with E-state index in [0.29, 0.717) is 6.79 Å². The molecule has 3 heteroatoms. The Balaban J connectivity index is 1.62. The number of benzene rings is 1. The van der Waals surface area contributed by atoms with Gasteiger partial charge in [0.15, 0.2) is 11.5 Å². The van der Waals surface area contributed by atoms with Gasteiger partial charge in [-0.2, -0.15) is 0 Å². The van der Waals surface area contributed by atoms with Crippen molar-refractivity contribution in [3.05, 3.63) is 53.8 Å². The van der Waals surface area contributed by atoms with Crippen LogP contribution in [0.1, 0.15) is 38.2 Å². The Hall–Kier alpha value is -2.16. The zero-order valence-electron chi connectivity index (χ0n) is 13.8. The molecule has 3 rings (SSSR count). The van der Waals surface area contributed by atoms with Gasteiger partial charge in [0.1, 0.15) is 0 Å². The number of hydrogen-bond donors (Lipinski definition) is 0. The van der Waals surface area contributed by atoms with Gasteiger partial charge in [-0.15, -0.1) is 0 Å². The lowest BCUT2D eigenvalue weighted by Crippen LogP contribution is -2.25. The highest BCUT2D eigenvalue weighted by molar-refractivity contribution is 5.58. The van der Waals surface area contributed by atoms with Gasteiger partial charge in [0.25, 0.3) is 0 Å². The number of unbranched alkanes of at least 4 members (excludes halogenated alkanes) is 3. The van der Waals surface area contributed by atoms with Crippen molar-refractivity contribution < 1.29 is 9.47 Å². The molecule has 23 heavy (non-hydrogen) atoms. The molecule has 1 aromatic rings. The predicted octanol–water partition coefficient (Wildman–Crippen LogP) is 4.76. The number of fused-ring (bicyclic) bond motifs is 1. The first-order valence-corrected chi connectivity index (χ1v) is 8.56. The van der Waals surface area contributed by atoms with Gasteiger partial charge in [-0.1, -0.05) is 50.5 Å². The second-order valence-electron chi connectivity index (χ2n) is 5.97. The number of hydrogen-bond acceptors (Lipinski definition) is 3. The smallest absolute Gasteiger partial charge is 0.231 e. The zero-order valence-corrected chi connectivity index (χ0v) is 13.8. The summed E-state index contributed by atoms with van der Waals surface area (Å²) < 4.78 is 10.8. The van der Waals surface area contributed by atoms with Gasteiger partial charge in [-0.25, -0.2) is 0 Å². The lowest BCUT2D eigenvalue weighted by molar-refractivity contribution is 0.174. The number of allylic oxidation sites excluding steroid dienone is 3. The molecule has 0 saturated heterocycles. The highest BCUT2D eigenvalue weighted by Gasteiger charge is 2.12. The van der Waals surface area contributed by atoms with Gasteiger partial charge in [-0.05, 0) is 36.3 Å². The van der Waals surface area contributed by atoms with Crippen molar-refractivity contribution in [2.75, 3.05) is 19.9 Å². The summed E-state index contributed by atoms with van der Waals surface area (Å²) in [5, 5.41) is 0. The fraction of sp³-hybridized carbons (Fsp3) is 0.400. The Morgan fingerprint density at radius 1 is 1.09 bits per heavy atom. The molecule has 0 aromatic heterocycles. The SMILES string of the molecule is CCCCCCN1CC=CC=C1C=Cc1ccc2c(c1)OCO2. The van der Waals surface area contributed by atoms with Crippen LogP contribution in [-0.2, 0) is 0 Å². The van der Waals surface area contributed by atoms with E-state index in [-0.39, 0.29) is 0 Å². The van der Waals surface area contributed by atoms with E-state index in [0.717, 1.165) is 30.2 Å². The van der Waals surface area contributed by atoms with Gasteiger partial charge in [0, 0.05) is 18.8 Å². The van der Waals surface area contributed by atoms with Crippen molar-refractivity contribution in [1.82, 2.24) is 4.90 Å². The van der Waals surface area contributed by atoms with E-state index in [2.05, 4.69) is 48.3 Å². The minimum absolute atomic E-state index is 0.323. The van der Waals surface area contributed by atoms with Crippen molar-refractivity contribution in [2.45, 2.75) is 32.6 Å². The summed E-state index contributed by atoms with van der Waals surface area (Å²) in [6.07, 6.45) is 16.1. The Bertz CT molecular complexity index is 616. The molecule has 0 atom stereocenters. The van der Waals surface area contributed by atoms with Gasteiger partial charge < -0.3 is 14.4 Å². The largest absolute Gasteiger partial charge is 0.454 e. The van der Waals surface area contributed by atoms with E-state index in [9.17, 15) is 0 Å². The van der Waals surface area contributed by atoms with Crippen LogP contribution in [0.2, 0.25) is 0 Å². The molecular weight excluding hydrogens is 286 g/mol. The summed E-state index contributed by atoms with van der Waals surface area (Å²) in [5.74, 6) is 1.67. The third-order valence-electron chi connectivity index (χ3n) is 4.22. The average molecular weight is 311 g/mol. The molecule has 2 aliphatic heterocycles. The normalized spacial score (nSPS) is 16.2. The van der Waals surface area contributed by atoms with E-state index in [4.69, 9.17) is 9.47 Å². The quantitative estimate of drug-likeness (QED) is 0.677. The van der Waals surface area contributed by atoms with Gasteiger partial charge in [-0.3, -0.25) is 0 Å². The van der Waals surface area contributed by atoms with Crippen LogP contribution in [0.5, 0.6) is 11.5 Å². The Labute approximate surface area is 138 Å². The lowest BCUT2D eigenvalue weighted by atomic mass is 10.1. The minimum Gasteiger partial charge on any atom is -0.454 e. The number of ether oxygens (including phenoxy) is 2. The van der Waals surface area contributed by atoms with E-state index in [1.54, 1.807) is 0 Å². The molecule has 0 bridgehead atoms. The van der Waals surface area contributed by atoms with Crippen LogP contribution >= 0.6 is 0 Å². The summed E-state index contributed by atoms with van der Waals surface area (Å²) in [5.41, 5.74) is 2.41. The van der Waals surface area contributed by atoms with Crippen LogP contribution in [0, 0.1) is 0 Å². The van der Waals surface area contributed by atoms with Crippen molar-refractivity contribution in [3.8, 4) is 11.5 Å². The molecule has 0 aliphatic carbocycles. The zero-order chi connectivity index (χ0) is 15.9. The predicted molar refractivity (Wildman–Crippen MR) is 94.5 cm³/mol. The molecule has 3 nitrogen and oxygen atoms in total. The molecule has 0 N–H and O–H groups in total. The van der Waals surface area contributed by atoms with Crippen LogP contribution in [0.15, 0.2) is 48.2 Å². The summed E-state index contributed by atoms with van der Waals surface area (Å²) in [6.45, 7) is 4.71. The molecule has 0 saturated carbocycles. The van der Waals surface area contributed by atoms with Crippen molar-refractivity contribution in [2.24, 2.45) is 0 Å². The Kier molecular flexibility index (Phi) is 5.41. The fourth-order valence-corrected chi connectivity index (χ4v) is 2.87. The molecule has 2 aliphatic rings. The fourth-order valence-electron chi connectivity index (χ4n) is 2.87. The van der Waals surface area contributed by atoms with Gasteiger partial charge >= 0.3 is 0 Å². The number of rotatable bonds is 7. The summed E-state index contributed by atoms with van der Waals surface area (Å²) in [7, 11) is 0. The Morgan fingerprint density at radius 3 is 2.91 bits per heavy atom. The summed E-state index contributed by atoms with van der Waals surface area (Å²) in [4.78, 5) is 2.44. The average Bonchev–Trinajstić information content (AvgIpc) is 3.05.